The molecule has 2 aliphatic rings. The largest absolute Gasteiger partial charge is 0.497 e. The van der Waals surface area contributed by atoms with Crippen molar-refractivity contribution in [2.75, 3.05) is 14.2 Å². The van der Waals surface area contributed by atoms with Gasteiger partial charge in [0.05, 0.1) is 32.2 Å². The second-order valence-corrected chi connectivity index (χ2v) is 6.49. The van der Waals surface area contributed by atoms with E-state index in [1.807, 2.05) is 59.5 Å². The summed E-state index contributed by atoms with van der Waals surface area (Å²) in [5.41, 5.74) is 2.17. The summed E-state index contributed by atoms with van der Waals surface area (Å²) in [4.78, 5) is 14.8. The van der Waals surface area contributed by atoms with Crippen LogP contribution < -0.4 is 9.47 Å². The van der Waals surface area contributed by atoms with Gasteiger partial charge in [-0.1, -0.05) is 36.4 Å². The van der Waals surface area contributed by atoms with E-state index >= 15 is 0 Å². The Bertz CT molecular complexity index is 747. The first-order valence-corrected chi connectivity index (χ1v) is 8.49. The molecule has 1 aliphatic carbocycles. The fourth-order valence-electron chi connectivity index (χ4n) is 3.83. The average Bonchev–Trinajstić information content (AvgIpc) is 3.26. The van der Waals surface area contributed by atoms with Gasteiger partial charge in [0.25, 0.3) is 0 Å². The second-order valence-electron chi connectivity index (χ2n) is 6.49. The molecule has 2 atom stereocenters. The molecule has 0 unspecified atom stereocenters. The van der Waals surface area contributed by atoms with Crippen LogP contribution in [0.15, 0.2) is 60.7 Å². The Morgan fingerprint density at radius 1 is 0.880 bits per heavy atom. The Kier molecular flexibility index (Phi) is 3.96. The van der Waals surface area contributed by atoms with Crippen LogP contribution in [-0.4, -0.2) is 31.1 Å². The van der Waals surface area contributed by atoms with E-state index in [9.17, 15) is 4.79 Å². The SMILES string of the molecule is COc1ccc(C(c2ccc(OC)cc2)N2C(=O)[C@H]3C=C[C@@H]2C3)cc1. The molecule has 0 N–H and O–H groups in total. The highest BCUT2D eigenvalue weighted by atomic mass is 16.5. The van der Waals surface area contributed by atoms with Gasteiger partial charge < -0.3 is 14.4 Å². The van der Waals surface area contributed by atoms with Gasteiger partial charge >= 0.3 is 0 Å². The number of hydrogen-bond donors (Lipinski definition) is 0. The van der Waals surface area contributed by atoms with Crippen LogP contribution in [0.1, 0.15) is 23.6 Å². The highest BCUT2D eigenvalue weighted by molar-refractivity contribution is 5.86. The number of methoxy groups -OCH3 is 2. The molecule has 4 heteroatoms. The summed E-state index contributed by atoms with van der Waals surface area (Å²) in [6.07, 6.45) is 5.09. The molecule has 4 nitrogen and oxygen atoms in total. The number of hydrogen-bond acceptors (Lipinski definition) is 3. The summed E-state index contributed by atoms with van der Waals surface area (Å²) in [5, 5.41) is 0. The molecule has 2 aromatic carbocycles. The number of likely N-dealkylation sites (tertiary alicyclic amines) is 1. The third-order valence-corrected chi connectivity index (χ3v) is 5.13. The monoisotopic (exact) mass is 335 g/mol. The first kappa shape index (κ1) is 15.8. The first-order chi connectivity index (χ1) is 12.2. The lowest BCUT2D eigenvalue weighted by atomic mass is 9.95. The fourth-order valence-corrected chi connectivity index (χ4v) is 3.83. The molecule has 1 aliphatic heterocycles. The standard InChI is InChI=1S/C21H21NO3/c1-24-18-9-4-14(5-10-18)20(15-6-11-19(25-2)12-7-15)22-17-8-3-16(13-17)21(22)23/h3-12,16-17,20H,13H2,1-2H3/t16-,17+/m0/s1. The minimum Gasteiger partial charge on any atom is -0.497 e. The molecule has 128 valence electrons. The van der Waals surface area contributed by atoms with Crippen molar-refractivity contribution < 1.29 is 14.3 Å². The summed E-state index contributed by atoms with van der Waals surface area (Å²) in [6, 6.07) is 16.0. The lowest BCUT2D eigenvalue weighted by molar-refractivity contribution is -0.132. The highest BCUT2D eigenvalue weighted by Gasteiger charge is 2.45. The van der Waals surface area contributed by atoms with E-state index in [4.69, 9.17) is 9.47 Å². The van der Waals surface area contributed by atoms with Crippen molar-refractivity contribution in [3.8, 4) is 11.5 Å². The van der Waals surface area contributed by atoms with Gasteiger partial charge in [0, 0.05) is 0 Å². The van der Waals surface area contributed by atoms with Crippen LogP contribution in [0, 0.1) is 5.92 Å². The molecule has 1 saturated heterocycles. The van der Waals surface area contributed by atoms with Crippen molar-refractivity contribution in [1.29, 1.82) is 0 Å². The number of carbonyl (C=O) groups excluding carboxylic acids is 1. The predicted molar refractivity (Wildman–Crippen MR) is 95.7 cm³/mol. The maximum Gasteiger partial charge on any atom is 0.230 e. The molecule has 4 rings (SSSR count). The Labute approximate surface area is 147 Å². The van der Waals surface area contributed by atoms with Crippen LogP contribution in [0.4, 0.5) is 0 Å². The summed E-state index contributed by atoms with van der Waals surface area (Å²) in [6.45, 7) is 0. The molecule has 2 aromatic rings. The summed E-state index contributed by atoms with van der Waals surface area (Å²) < 4.78 is 10.5. The number of amides is 1. The number of carbonyl (C=O) groups is 1. The van der Waals surface area contributed by atoms with Gasteiger partial charge in [-0.25, -0.2) is 0 Å². The maximum atomic E-state index is 12.8. The molecule has 2 bridgehead atoms. The zero-order valence-electron chi connectivity index (χ0n) is 14.4. The lowest BCUT2D eigenvalue weighted by Crippen LogP contribution is -2.38. The number of ether oxygens (including phenoxy) is 2. The summed E-state index contributed by atoms with van der Waals surface area (Å²) in [7, 11) is 3.31. The Hall–Kier alpha value is -2.75. The van der Waals surface area contributed by atoms with E-state index in [0.29, 0.717) is 0 Å². The normalized spacial score (nSPS) is 21.2. The Morgan fingerprint density at radius 2 is 1.40 bits per heavy atom. The minimum atomic E-state index is -0.107. The molecule has 0 saturated carbocycles. The molecule has 0 radical (unpaired) electrons. The van der Waals surface area contributed by atoms with E-state index in [2.05, 4.69) is 6.08 Å². The van der Waals surface area contributed by atoms with E-state index in [1.165, 1.54) is 0 Å². The number of benzene rings is 2. The summed E-state index contributed by atoms with van der Waals surface area (Å²) >= 11 is 0. The van der Waals surface area contributed by atoms with Crippen molar-refractivity contribution in [1.82, 2.24) is 4.90 Å². The van der Waals surface area contributed by atoms with Gasteiger partial charge in [0.2, 0.25) is 5.91 Å². The molecular weight excluding hydrogens is 314 g/mol. The third kappa shape index (κ3) is 2.68. The number of fused-ring (bicyclic) bond motifs is 2. The zero-order chi connectivity index (χ0) is 17.4. The smallest absolute Gasteiger partial charge is 0.230 e. The number of rotatable bonds is 5. The highest BCUT2D eigenvalue weighted by Crippen LogP contribution is 2.42. The van der Waals surface area contributed by atoms with E-state index < -0.39 is 0 Å². The van der Waals surface area contributed by atoms with Gasteiger partial charge in [0.1, 0.15) is 11.5 Å². The number of nitrogens with zero attached hydrogens (tertiary/aromatic N) is 1. The van der Waals surface area contributed by atoms with Crippen LogP contribution in [-0.2, 0) is 4.79 Å². The molecular formula is C21H21NO3. The molecule has 25 heavy (non-hydrogen) atoms. The Balaban J connectivity index is 1.76. The van der Waals surface area contributed by atoms with Crippen molar-refractivity contribution >= 4 is 5.91 Å². The van der Waals surface area contributed by atoms with Gasteiger partial charge in [0.15, 0.2) is 0 Å². The van der Waals surface area contributed by atoms with Gasteiger partial charge in [-0.2, -0.15) is 0 Å². The zero-order valence-corrected chi connectivity index (χ0v) is 14.4. The van der Waals surface area contributed by atoms with E-state index in [0.717, 1.165) is 29.0 Å². The average molecular weight is 335 g/mol. The Morgan fingerprint density at radius 3 is 1.80 bits per heavy atom. The van der Waals surface area contributed by atoms with E-state index in [1.54, 1.807) is 14.2 Å². The molecule has 1 fully saturated rings. The van der Waals surface area contributed by atoms with Gasteiger partial charge in [-0.05, 0) is 41.8 Å². The van der Waals surface area contributed by atoms with Crippen LogP contribution in [0.3, 0.4) is 0 Å². The topological polar surface area (TPSA) is 38.8 Å². The van der Waals surface area contributed by atoms with Crippen LogP contribution in [0.2, 0.25) is 0 Å². The van der Waals surface area contributed by atoms with Crippen molar-refractivity contribution in [3.05, 3.63) is 71.8 Å². The van der Waals surface area contributed by atoms with Crippen molar-refractivity contribution in [2.45, 2.75) is 18.5 Å². The van der Waals surface area contributed by atoms with Crippen LogP contribution in [0.25, 0.3) is 0 Å². The predicted octanol–water partition coefficient (Wildman–Crippen LogP) is 3.58. The maximum absolute atomic E-state index is 12.8. The third-order valence-electron chi connectivity index (χ3n) is 5.13. The molecule has 0 spiro atoms. The fraction of sp³-hybridized carbons (Fsp3) is 0.286. The van der Waals surface area contributed by atoms with Gasteiger partial charge in [-0.3, -0.25) is 4.79 Å². The molecule has 1 amide bonds. The van der Waals surface area contributed by atoms with Crippen LogP contribution in [0.5, 0.6) is 11.5 Å². The van der Waals surface area contributed by atoms with Crippen molar-refractivity contribution in [2.24, 2.45) is 5.92 Å². The lowest BCUT2D eigenvalue weighted by Gasteiger charge is -2.34. The van der Waals surface area contributed by atoms with Gasteiger partial charge in [-0.15, -0.1) is 0 Å². The quantitative estimate of drug-likeness (QED) is 0.784. The van der Waals surface area contributed by atoms with E-state index in [-0.39, 0.29) is 23.9 Å². The van der Waals surface area contributed by atoms with Crippen molar-refractivity contribution in [3.63, 3.8) is 0 Å². The van der Waals surface area contributed by atoms with Crippen LogP contribution >= 0.6 is 0 Å². The second kappa shape index (κ2) is 6.28. The molecule has 1 heterocycles. The summed E-state index contributed by atoms with van der Waals surface area (Å²) in [5.74, 6) is 1.87. The first-order valence-electron chi connectivity index (χ1n) is 8.49. The minimum absolute atomic E-state index is 0.0315. The molecule has 0 aromatic heterocycles.